The highest BCUT2D eigenvalue weighted by molar-refractivity contribution is 7.86. The zero-order valence-corrected chi connectivity index (χ0v) is 12.8. The number of carbonyl (C=O) groups excluding carboxylic acids is 1. The van der Waals surface area contributed by atoms with Gasteiger partial charge in [0.2, 0.25) is 17.7 Å². The minimum absolute atomic E-state index is 0.0670. The predicted octanol–water partition coefficient (Wildman–Crippen LogP) is 1.92. The SMILES string of the molecule is NC1=C(OS(=O)(=O)c2ccccc2)C(=O)C(c2cccs2)O1. The Morgan fingerprint density at radius 2 is 1.86 bits per heavy atom. The summed E-state index contributed by atoms with van der Waals surface area (Å²) in [6.45, 7) is 0. The number of hydrogen-bond acceptors (Lipinski definition) is 7. The van der Waals surface area contributed by atoms with E-state index in [4.69, 9.17) is 14.7 Å². The van der Waals surface area contributed by atoms with Gasteiger partial charge in [0.25, 0.3) is 5.78 Å². The van der Waals surface area contributed by atoms with Crippen molar-refractivity contribution in [2.75, 3.05) is 0 Å². The van der Waals surface area contributed by atoms with Crippen molar-refractivity contribution in [3.05, 3.63) is 64.4 Å². The topological polar surface area (TPSA) is 95.7 Å². The van der Waals surface area contributed by atoms with Crippen LogP contribution >= 0.6 is 11.3 Å². The summed E-state index contributed by atoms with van der Waals surface area (Å²) in [5, 5.41) is 1.78. The lowest BCUT2D eigenvalue weighted by Gasteiger charge is -2.07. The number of benzene rings is 1. The van der Waals surface area contributed by atoms with Gasteiger partial charge >= 0.3 is 10.1 Å². The number of ketones is 1. The first-order valence-corrected chi connectivity index (χ1v) is 8.51. The van der Waals surface area contributed by atoms with E-state index in [1.54, 1.807) is 35.7 Å². The van der Waals surface area contributed by atoms with E-state index in [0.29, 0.717) is 4.88 Å². The fraction of sp³-hybridized carbons (Fsp3) is 0.0714. The first kappa shape index (κ1) is 14.6. The van der Waals surface area contributed by atoms with Gasteiger partial charge in [-0.1, -0.05) is 24.3 Å². The van der Waals surface area contributed by atoms with Gasteiger partial charge in [-0.25, -0.2) is 0 Å². The summed E-state index contributed by atoms with van der Waals surface area (Å²) in [6.07, 6.45) is -0.957. The van der Waals surface area contributed by atoms with Crippen LogP contribution in [0.4, 0.5) is 0 Å². The number of rotatable bonds is 4. The normalized spacial score (nSPS) is 18.4. The maximum Gasteiger partial charge on any atom is 0.339 e. The second kappa shape index (κ2) is 5.47. The van der Waals surface area contributed by atoms with Gasteiger partial charge in [0.1, 0.15) is 4.90 Å². The van der Waals surface area contributed by atoms with Crippen LogP contribution in [0.1, 0.15) is 11.0 Å². The molecule has 3 rings (SSSR count). The Kier molecular flexibility index (Phi) is 3.63. The van der Waals surface area contributed by atoms with E-state index in [1.165, 1.54) is 23.5 Å². The predicted molar refractivity (Wildman–Crippen MR) is 79.1 cm³/mol. The largest absolute Gasteiger partial charge is 0.459 e. The van der Waals surface area contributed by atoms with Crippen LogP contribution in [-0.2, 0) is 23.8 Å². The average molecular weight is 337 g/mol. The molecular weight excluding hydrogens is 326 g/mol. The standard InChI is InChI=1S/C14H11NO5S2/c15-14-13(11(16)12(19-14)10-7-4-8-21-10)20-22(17,18)9-5-2-1-3-6-9/h1-8,12H,15H2. The second-order valence-electron chi connectivity index (χ2n) is 4.42. The van der Waals surface area contributed by atoms with Crippen LogP contribution in [0.15, 0.2) is 64.4 Å². The Morgan fingerprint density at radius 1 is 1.14 bits per heavy atom. The van der Waals surface area contributed by atoms with E-state index in [9.17, 15) is 13.2 Å². The van der Waals surface area contributed by atoms with E-state index in [-0.39, 0.29) is 10.8 Å². The Hall–Kier alpha value is -2.32. The van der Waals surface area contributed by atoms with Crippen LogP contribution in [0.5, 0.6) is 0 Å². The lowest BCUT2D eigenvalue weighted by Crippen LogP contribution is -2.14. The third-order valence-electron chi connectivity index (χ3n) is 2.96. The van der Waals surface area contributed by atoms with Crippen LogP contribution < -0.4 is 5.73 Å². The van der Waals surface area contributed by atoms with Crippen molar-refractivity contribution in [2.24, 2.45) is 5.73 Å². The number of ether oxygens (including phenoxy) is 1. The molecule has 0 saturated carbocycles. The van der Waals surface area contributed by atoms with Gasteiger partial charge in [-0.3, -0.25) is 4.79 Å². The van der Waals surface area contributed by atoms with Crippen molar-refractivity contribution in [1.82, 2.24) is 0 Å². The fourth-order valence-corrected chi connectivity index (χ4v) is 3.65. The molecule has 1 aliphatic heterocycles. The Bertz CT molecular complexity index is 825. The number of nitrogens with two attached hydrogens (primary N) is 1. The lowest BCUT2D eigenvalue weighted by atomic mass is 10.2. The monoisotopic (exact) mass is 337 g/mol. The lowest BCUT2D eigenvalue weighted by molar-refractivity contribution is -0.122. The summed E-state index contributed by atoms with van der Waals surface area (Å²) in [7, 11) is -4.14. The summed E-state index contributed by atoms with van der Waals surface area (Å²) in [5.41, 5.74) is 5.60. The molecule has 6 nitrogen and oxygen atoms in total. The smallest absolute Gasteiger partial charge is 0.339 e. The Balaban J connectivity index is 1.87. The molecule has 2 N–H and O–H groups in total. The van der Waals surface area contributed by atoms with Crippen molar-refractivity contribution in [3.63, 3.8) is 0 Å². The van der Waals surface area contributed by atoms with E-state index in [1.807, 2.05) is 0 Å². The molecule has 1 unspecified atom stereocenters. The van der Waals surface area contributed by atoms with Crippen LogP contribution in [0, 0.1) is 0 Å². The molecule has 0 bridgehead atoms. The van der Waals surface area contributed by atoms with Gasteiger partial charge in [-0.05, 0) is 23.6 Å². The molecule has 0 aliphatic carbocycles. The molecule has 0 fully saturated rings. The third-order valence-corrected chi connectivity index (χ3v) is 5.11. The number of Topliss-reactive ketones (excluding diaryl/α,β-unsaturated/α-hetero) is 1. The number of hydrogen-bond donors (Lipinski definition) is 1. The van der Waals surface area contributed by atoms with Gasteiger partial charge < -0.3 is 14.7 Å². The minimum Gasteiger partial charge on any atom is -0.459 e. The highest BCUT2D eigenvalue weighted by Gasteiger charge is 2.40. The van der Waals surface area contributed by atoms with Crippen LogP contribution in [0.2, 0.25) is 0 Å². The quantitative estimate of drug-likeness (QED) is 0.856. The molecule has 2 heterocycles. The molecule has 0 amide bonds. The average Bonchev–Trinajstić information content (AvgIpc) is 3.12. The molecule has 1 aliphatic rings. The van der Waals surface area contributed by atoms with Crippen molar-refractivity contribution in [3.8, 4) is 0 Å². The minimum atomic E-state index is -4.14. The molecule has 2 aromatic rings. The maximum absolute atomic E-state index is 12.3. The van der Waals surface area contributed by atoms with Gasteiger partial charge in [0.15, 0.2) is 0 Å². The van der Waals surface area contributed by atoms with Crippen molar-refractivity contribution in [2.45, 2.75) is 11.0 Å². The second-order valence-corrected chi connectivity index (χ2v) is 6.95. The Labute approximate surface area is 130 Å². The molecule has 1 aromatic heterocycles. The first-order valence-electron chi connectivity index (χ1n) is 6.22. The number of thiophene rings is 1. The zero-order chi connectivity index (χ0) is 15.7. The van der Waals surface area contributed by atoms with Crippen molar-refractivity contribution < 1.29 is 22.1 Å². The molecular formula is C14H11NO5S2. The van der Waals surface area contributed by atoms with E-state index >= 15 is 0 Å². The molecule has 0 spiro atoms. The van der Waals surface area contributed by atoms with E-state index < -0.39 is 27.8 Å². The van der Waals surface area contributed by atoms with Crippen LogP contribution in [0.25, 0.3) is 0 Å². The third kappa shape index (κ3) is 2.58. The summed E-state index contributed by atoms with van der Waals surface area (Å²) in [6, 6.07) is 11.0. The molecule has 0 radical (unpaired) electrons. The zero-order valence-electron chi connectivity index (χ0n) is 11.1. The van der Waals surface area contributed by atoms with Gasteiger partial charge in [-0.2, -0.15) is 8.42 Å². The van der Waals surface area contributed by atoms with E-state index in [2.05, 4.69) is 0 Å². The summed E-state index contributed by atoms with van der Waals surface area (Å²) in [4.78, 5) is 12.8. The molecule has 22 heavy (non-hydrogen) atoms. The summed E-state index contributed by atoms with van der Waals surface area (Å²) < 4.78 is 34.4. The van der Waals surface area contributed by atoms with Gasteiger partial charge in [0.05, 0.1) is 4.88 Å². The van der Waals surface area contributed by atoms with Gasteiger partial charge in [-0.15, -0.1) is 11.3 Å². The Morgan fingerprint density at radius 3 is 2.50 bits per heavy atom. The molecule has 1 aromatic carbocycles. The molecule has 8 heteroatoms. The van der Waals surface area contributed by atoms with Gasteiger partial charge in [0, 0.05) is 0 Å². The highest BCUT2D eigenvalue weighted by atomic mass is 32.2. The van der Waals surface area contributed by atoms with Crippen LogP contribution in [0.3, 0.4) is 0 Å². The molecule has 1 atom stereocenters. The molecule has 114 valence electrons. The maximum atomic E-state index is 12.3. The molecule has 0 saturated heterocycles. The van der Waals surface area contributed by atoms with Crippen molar-refractivity contribution in [1.29, 1.82) is 0 Å². The number of carbonyl (C=O) groups is 1. The summed E-state index contributed by atoms with van der Waals surface area (Å²) in [5.74, 6) is -1.43. The first-order chi connectivity index (χ1) is 10.5. The van der Waals surface area contributed by atoms with Crippen LogP contribution in [-0.4, -0.2) is 14.2 Å². The summed E-state index contributed by atoms with van der Waals surface area (Å²) >= 11 is 1.31. The highest BCUT2D eigenvalue weighted by Crippen LogP contribution is 2.35. The fourth-order valence-electron chi connectivity index (χ4n) is 1.93. The van der Waals surface area contributed by atoms with E-state index in [0.717, 1.165) is 0 Å². The van der Waals surface area contributed by atoms with Crippen molar-refractivity contribution >= 4 is 27.2 Å².